The number of hydrogen-bond acceptors (Lipinski definition) is 6. The molecule has 0 spiro atoms. The summed E-state index contributed by atoms with van der Waals surface area (Å²) < 4.78 is 68.1. The van der Waals surface area contributed by atoms with Crippen LogP contribution in [-0.2, 0) is 6.18 Å². The lowest BCUT2D eigenvalue weighted by atomic mass is 10.1. The van der Waals surface area contributed by atoms with Crippen molar-refractivity contribution in [3.8, 4) is 11.3 Å². The van der Waals surface area contributed by atoms with Crippen molar-refractivity contribution in [2.24, 2.45) is 0 Å². The minimum Gasteiger partial charge on any atom is -0.397 e. The third kappa shape index (κ3) is 5.54. The van der Waals surface area contributed by atoms with E-state index in [0.29, 0.717) is 0 Å². The summed E-state index contributed by atoms with van der Waals surface area (Å²) in [5, 5.41) is 2.45. The largest absolute Gasteiger partial charge is 0.451 e. The van der Waals surface area contributed by atoms with Crippen LogP contribution >= 0.6 is 0 Å². The van der Waals surface area contributed by atoms with Crippen LogP contribution in [0.4, 0.5) is 33.5 Å². The minimum atomic E-state index is -4.87. The highest BCUT2D eigenvalue weighted by molar-refractivity contribution is 6.00. The third-order valence-corrected chi connectivity index (χ3v) is 4.71. The number of allylic oxidation sites excluding steroid dienone is 4. The first-order chi connectivity index (χ1) is 17.0. The topological polar surface area (TPSA) is 120 Å². The van der Waals surface area contributed by atoms with Gasteiger partial charge in [-0.25, -0.2) is 23.7 Å². The molecule has 1 aromatic carbocycles. The standard InChI is InChI=1S/C24H19F5N6O/c1-3-6-12(18-11-19(31)35-23(34-18)24(27,28)29)16(4-2)33-22(36)21-15(30)9-10-17(32-21)20-13(25)7-5-8-14(20)26/h3-11H,2,30H2,1H3,(H,33,36)(H2,31,34,35)/b6-3-,16-12-. The Balaban J connectivity index is 2.09. The molecule has 0 fully saturated rings. The Morgan fingerprint density at radius 1 is 1.06 bits per heavy atom. The molecule has 0 saturated heterocycles. The fourth-order valence-electron chi connectivity index (χ4n) is 3.15. The summed E-state index contributed by atoms with van der Waals surface area (Å²) in [6.07, 6.45) is -0.842. The molecule has 36 heavy (non-hydrogen) atoms. The van der Waals surface area contributed by atoms with E-state index in [2.05, 4.69) is 26.8 Å². The molecule has 0 bridgehead atoms. The van der Waals surface area contributed by atoms with E-state index in [0.717, 1.165) is 24.3 Å². The van der Waals surface area contributed by atoms with E-state index in [4.69, 9.17) is 11.5 Å². The number of anilines is 2. The molecular weight excluding hydrogens is 483 g/mol. The van der Waals surface area contributed by atoms with Crippen LogP contribution < -0.4 is 16.8 Å². The number of carbonyl (C=O) groups excluding carboxylic acids is 1. The summed E-state index contributed by atoms with van der Waals surface area (Å²) in [6.45, 7) is 5.17. The Morgan fingerprint density at radius 2 is 1.72 bits per heavy atom. The molecule has 0 aliphatic rings. The summed E-state index contributed by atoms with van der Waals surface area (Å²) in [7, 11) is 0. The van der Waals surface area contributed by atoms with E-state index in [1.165, 1.54) is 30.4 Å². The molecule has 186 valence electrons. The molecule has 3 rings (SSSR count). The smallest absolute Gasteiger partial charge is 0.397 e. The second kappa shape index (κ2) is 10.3. The molecule has 0 unspecified atom stereocenters. The first-order valence-corrected chi connectivity index (χ1v) is 10.2. The van der Waals surface area contributed by atoms with E-state index in [1.54, 1.807) is 6.92 Å². The third-order valence-electron chi connectivity index (χ3n) is 4.71. The van der Waals surface area contributed by atoms with E-state index < -0.39 is 40.9 Å². The first kappa shape index (κ1) is 26.0. The van der Waals surface area contributed by atoms with Gasteiger partial charge in [0.05, 0.1) is 22.6 Å². The van der Waals surface area contributed by atoms with Crippen LogP contribution in [0.5, 0.6) is 0 Å². The molecular formula is C24H19F5N6O. The maximum atomic E-state index is 14.2. The van der Waals surface area contributed by atoms with Gasteiger partial charge in [-0.2, -0.15) is 13.2 Å². The van der Waals surface area contributed by atoms with Gasteiger partial charge in [0.1, 0.15) is 17.5 Å². The van der Waals surface area contributed by atoms with Crippen LogP contribution in [0.25, 0.3) is 16.8 Å². The summed E-state index contributed by atoms with van der Waals surface area (Å²) >= 11 is 0. The minimum absolute atomic E-state index is 0.0234. The number of amides is 1. The number of hydrogen-bond donors (Lipinski definition) is 3. The lowest BCUT2D eigenvalue weighted by molar-refractivity contribution is -0.144. The van der Waals surface area contributed by atoms with Gasteiger partial charge in [0, 0.05) is 17.3 Å². The van der Waals surface area contributed by atoms with Gasteiger partial charge in [-0.15, -0.1) is 0 Å². The number of nitrogens with one attached hydrogen (secondary N) is 1. The molecule has 0 aliphatic heterocycles. The average Bonchev–Trinajstić information content (AvgIpc) is 2.81. The van der Waals surface area contributed by atoms with Crippen LogP contribution in [-0.4, -0.2) is 20.9 Å². The molecule has 0 aliphatic carbocycles. The zero-order chi connectivity index (χ0) is 26.6. The lowest BCUT2D eigenvalue weighted by Gasteiger charge is -2.14. The van der Waals surface area contributed by atoms with Crippen LogP contribution in [0.1, 0.15) is 28.9 Å². The van der Waals surface area contributed by atoms with Crippen molar-refractivity contribution in [2.75, 3.05) is 11.5 Å². The lowest BCUT2D eigenvalue weighted by Crippen LogP contribution is -2.25. The zero-order valence-corrected chi connectivity index (χ0v) is 18.7. The van der Waals surface area contributed by atoms with Crippen LogP contribution in [0.3, 0.4) is 0 Å². The predicted molar refractivity (Wildman–Crippen MR) is 125 cm³/mol. The first-order valence-electron chi connectivity index (χ1n) is 10.2. The summed E-state index contributed by atoms with van der Waals surface area (Å²) in [5.74, 6) is -4.64. The van der Waals surface area contributed by atoms with Crippen molar-refractivity contribution in [2.45, 2.75) is 13.1 Å². The van der Waals surface area contributed by atoms with Gasteiger partial charge >= 0.3 is 6.18 Å². The Kier molecular flexibility index (Phi) is 7.47. The summed E-state index contributed by atoms with van der Waals surface area (Å²) in [5.41, 5.74) is 9.97. The highest BCUT2D eigenvalue weighted by Gasteiger charge is 2.35. The number of nitrogens with zero attached hydrogens (tertiary/aromatic N) is 3. The van der Waals surface area contributed by atoms with Gasteiger partial charge in [-0.3, -0.25) is 4.79 Å². The summed E-state index contributed by atoms with van der Waals surface area (Å²) in [4.78, 5) is 23.8. The Morgan fingerprint density at radius 3 is 2.31 bits per heavy atom. The second-order valence-corrected chi connectivity index (χ2v) is 7.22. The van der Waals surface area contributed by atoms with Gasteiger partial charge in [-0.1, -0.05) is 24.8 Å². The fraction of sp³-hybridized carbons (Fsp3) is 0.0833. The Hall–Kier alpha value is -4.61. The van der Waals surface area contributed by atoms with Gasteiger partial charge in [-0.05, 0) is 37.3 Å². The Labute approximate surface area is 202 Å². The Bertz CT molecular complexity index is 1380. The van der Waals surface area contributed by atoms with Crippen molar-refractivity contribution >= 4 is 23.0 Å². The maximum absolute atomic E-state index is 14.2. The van der Waals surface area contributed by atoms with Crippen molar-refractivity contribution < 1.29 is 26.7 Å². The average molecular weight is 502 g/mol. The van der Waals surface area contributed by atoms with Gasteiger partial charge in [0.25, 0.3) is 5.91 Å². The van der Waals surface area contributed by atoms with Crippen LogP contribution in [0.15, 0.2) is 66.9 Å². The number of rotatable bonds is 6. The quantitative estimate of drug-likeness (QED) is 0.326. The highest BCUT2D eigenvalue weighted by atomic mass is 19.4. The van der Waals surface area contributed by atoms with Crippen molar-refractivity contribution in [1.29, 1.82) is 0 Å². The predicted octanol–water partition coefficient (Wildman–Crippen LogP) is 4.90. The molecule has 0 atom stereocenters. The molecule has 5 N–H and O–H groups in total. The molecule has 12 heteroatoms. The maximum Gasteiger partial charge on any atom is 0.451 e. The van der Waals surface area contributed by atoms with Crippen molar-refractivity contribution in [3.05, 3.63) is 95.7 Å². The van der Waals surface area contributed by atoms with Crippen molar-refractivity contribution in [3.63, 3.8) is 0 Å². The van der Waals surface area contributed by atoms with Crippen molar-refractivity contribution in [1.82, 2.24) is 20.3 Å². The fourth-order valence-corrected chi connectivity index (χ4v) is 3.15. The summed E-state index contributed by atoms with van der Waals surface area (Å²) in [6, 6.07) is 6.81. The van der Waals surface area contributed by atoms with E-state index in [1.807, 2.05) is 0 Å². The van der Waals surface area contributed by atoms with Gasteiger partial charge in [0.2, 0.25) is 5.82 Å². The number of nitrogens with two attached hydrogens (primary N) is 2. The number of carbonyl (C=O) groups is 1. The van der Waals surface area contributed by atoms with Gasteiger partial charge < -0.3 is 16.8 Å². The molecule has 2 aromatic heterocycles. The molecule has 7 nitrogen and oxygen atoms in total. The zero-order valence-electron chi connectivity index (χ0n) is 18.7. The second-order valence-electron chi connectivity index (χ2n) is 7.22. The van der Waals surface area contributed by atoms with E-state index in [-0.39, 0.29) is 34.0 Å². The van der Waals surface area contributed by atoms with E-state index >= 15 is 0 Å². The molecule has 3 aromatic rings. The number of benzene rings is 1. The molecule has 0 saturated carbocycles. The number of pyridine rings is 1. The number of alkyl halides is 3. The SMILES string of the molecule is C=C/C(NC(=O)c1nc(-c2c(F)cccc2F)ccc1N)=C(\C=C/C)c1cc(N)nc(C(F)(F)F)n1. The monoisotopic (exact) mass is 502 g/mol. The molecule has 0 radical (unpaired) electrons. The molecule has 2 heterocycles. The molecule has 1 amide bonds. The van der Waals surface area contributed by atoms with Gasteiger partial charge in [0.15, 0.2) is 5.69 Å². The number of nitrogen functional groups attached to an aromatic ring is 2. The normalized spacial score (nSPS) is 12.4. The van der Waals surface area contributed by atoms with Crippen LogP contribution in [0.2, 0.25) is 0 Å². The van der Waals surface area contributed by atoms with Crippen LogP contribution in [0, 0.1) is 11.6 Å². The number of aromatic nitrogens is 3. The highest BCUT2D eigenvalue weighted by Crippen LogP contribution is 2.30. The van der Waals surface area contributed by atoms with E-state index in [9.17, 15) is 26.7 Å². The number of halogens is 5.